The van der Waals surface area contributed by atoms with Crippen LogP contribution in [-0.4, -0.2) is 24.8 Å². The molecule has 0 aromatic heterocycles. The summed E-state index contributed by atoms with van der Waals surface area (Å²) in [7, 11) is 1.29. The Morgan fingerprint density at radius 2 is 2.22 bits per heavy atom. The predicted octanol–water partition coefficient (Wildman–Crippen LogP) is 1.97. The molecule has 0 aliphatic carbocycles. The van der Waals surface area contributed by atoms with Crippen molar-refractivity contribution in [3.8, 4) is 6.07 Å². The molecule has 0 N–H and O–H groups in total. The number of carbonyl (C=O) groups is 1. The Morgan fingerprint density at radius 3 is 2.78 bits per heavy atom. The van der Waals surface area contributed by atoms with Crippen molar-refractivity contribution in [2.75, 3.05) is 12.1 Å². The molecule has 1 aromatic rings. The summed E-state index contributed by atoms with van der Waals surface area (Å²) in [6.07, 6.45) is 0.256. The molecule has 5 nitrogen and oxygen atoms in total. The molecule has 6 heteroatoms. The third kappa shape index (κ3) is 2.29. The summed E-state index contributed by atoms with van der Waals surface area (Å²) in [5, 5.41) is 15.3. The number of benzene rings is 1. The van der Waals surface area contributed by atoms with Gasteiger partial charge in [0.2, 0.25) is 0 Å². The number of anilines is 1. The zero-order valence-electron chi connectivity index (χ0n) is 9.63. The van der Waals surface area contributed by atoms with Crippen LogP contribution in [0, 0.1) is 11.3 Å². The highest BCUT2D eigenvalue weighted by Crippen LogP contribution is 2.25. The van der Waals surface area contributed by atoms with Gasteiger partial charge in [0.15, 0.2) is 0 Å². The van der Waals surface area contributed by atoms with Gasteiger partial charge in [-0.3, -0.25) is 0 Å². The van der Waals surface area contributed by atoms with Crippen molar-refractivity contribution in [1.82, 2.24) is 0 Å². The third-order valence-corrected chi connectivity index (χ3v) is 2.82. The van der Waals surface area contributed by atoms with E-state index in [1.54, 1.807) is 24.3 Å². The lowest BCUT2D eigenvalue weighted by Gasteiger charge is -2.17. The predicted molar refractivity (Wildman–Crippen MR) is 67.4 cm³/mol. The smallest absolute Gasteiger partial charge is 0.354 e. The second kappa shape index (κ2) is 5.07. The summed E-state index contributed by atoms with van der Waals surface area (Å²) in [5.74, 6) is -0.508. The van der Waals surface area contributed by atoms with Gasteiger partial charge in [0.25, 0.3) is 0 Å². The van der Waals surface area contributed by atoms with Crippen LogP contribution in [0.2, 0.25) is 5.02 Å². The molecule has 0 fully saturated rings. The van der Waals surface area contributed by atoms with Gasteiger partial charge in [-0.1, -0.05) is 11.6 Å². The van der Waals surface area contributed by atoms with E-state index in [4.69, 9.17) is 16.9 Å². The van der Waals surface area contributed by atoms with Gasteiger partial charge in [-0.15, -0.1) is 0 Å². The van der Waals surface area contributed by atoms with Gasteiger partial charge in [0.05, 0.1) is 18.9 Å². The molecule has 0 saturated carbocycles. The van der Waals surface area contributed by atoms with Crippen molar-refractivity contribution in [2.45, 2.75) is 12.5 Å². The Morgan fingerprint density at radius 1 is 1.56 bits per heavy atom. The van der Waals surface area contributed by atoms with E-state index in [2.05, 4.69) is 15.9 Å². The average Bonchev–Trinajstić information content (AvgIpc) is 2.83. The first-order valence-electron chi connectivity index (χ1n) is 5.26. The van der Waals surface area contributed by atoms with E-state index in [1.165, 1.54) is 12.1 Å². The van der Waals surface area contributed by atoms with E-state index >= 15 is 0 Å². The highest BCUT2D eigenvalue weighted by Gasteiger charge is 2.31. The average molecular weight is 264 g/mol. The first kappa shape index (κ1) is 12.4. The summed E-state index contributed by atoms with van der Waals surface area (Å²) in [5.41, 5.74) is 0.962. The molecule has 18 heavy (non-hydrogen) atoms. The summed E-state index contributed by atoms with van der Waals surface area (Å²) >= 11 is 5.80. The lowest BCUT2D eigenvalue weighted by Crippen LogP contribution is -2.24. The van der Waals surface area contributed by atoms with E-state index in [1.807, 2.05) is 0 Å². The van der Waals surface area contributed by atoms with Crippen LogP contribution in [0.5, 0.6) is 0 Å². The minimum Gasteiger partial charge on any atom is -0.464 e. The van der Waals surface area contributed by atoms with Crippen molar-refractivity contribution >= 4 is 29.0 Å². The fourth-order valence-electron chi connectivity index (χ4n) is 1.68. The first-order chi connectivity index (χ1) is 8.65. The summed E-state index contributed by atoms with van der Waals surface area (Å²) in [4.78, 5) is 11.4. The number of ether oxygens (including phenoxy) is 1. The molecule has 1 aliphatic heterocycles. The van der Waals surface area contributed by atoms with Crippen LogP contribution in [-0.2, 0) is 9.53 Å². The number of hydrazone groups is 1. The normalized spacial score (nSPS) is 18.2. The van der Waals surface area contributed by atoms with Crippen LogP contribution in [0.25, 0.3) is 0 Å². The zero-order valence-corrected chi connectivity index (χ0v) is 10.4. The van der Waals surface area contributed by atoms with Crippen molar-refractivity contribution in [1.29, 1.82) is 5.26 Å². The zero-order chi connectivity index (χ0) is 13.1. The van der Waals surface area contributed by atoms with Crippen LogP contribution < -0.4 is 5.01 Å². The molecule has 0 saturated heterocycles. The topological polar surface area (TPSA) is 65.7 Å². The van der Waals surface area contributed by atoms with Gasteiger partial charge < -0.3 is 4.74 Å². The van der Waals surface area contributed by atoms with Crippen molar-refractivity contribution in [2.24, 2.45) is 5.10 Å². The van der Waals surface area contributed by atoms with E-state index < -0.39 is 12.0 Å². The summed E-state index contributed by atoms with van der Waals surface area (Å²) in [6.45, 7) is 0. The molecule has 1 aromatic carbocycles. The fourth-order valence-corrected chi connectivity index (χ4v) is 1.81. The quantitative estimate of drug-likeness (QED) is 0.765. The first-order valence-corrected chi connectivity index (χ1v) is 5.63. The van der Waals surface area contributed by atoms with E-state index in [9.17, 15) is 4.79 Å². The molecule has 1 unspecified atom stereocenters. The van der Waals surface area contributed by atoms with Crippen LogP contribution in [0.15, 0.2) is 29.4 Å². The maximum atomic E-state index is 11.4. The minimum atomic E-state index is -0.508. The van der Waals surface area contributed by atoms with Crippen LogP contribution in [0.3, 0.4) is 0 Å². The molecule has 0 amide bonds. The second-order valence-electron chi connectivity index (χ2n) is 3.71. The molecule has 0 radical (unpaired) electrons. The number of esters is 1. The Balaban J connectivity index is 2.30. The molecule has 92 valence electrons. The molecular formula is C12H10ClN3O2. The van der Waals surface area contributed by atoms with E-state index in [0.29, 0.717) is 10.7 Å². The lowest BCUT2D eigenvalue weighted by molar-refractivity contribution is -0.132. The van der Waals surface area contributed by atoms with Crippen molar-refractivity contribution in [3.63, 3.8) is 0 Å². The van der Waals surface area contributed by atoms with Gasteiger partial charge in [0, 0.05) is 11.4 Å². The lowest BCUT2D eigenvalue weighted by atomic mass is 10.1. The number of hydrogen-bond acceptors (Lipinski definition) is 5. The van der Waals surface area contributed by atoms with Crippen molar-refractivity contribution in [3.05, 3.63) is 29.3 Å². The molecule has 2 rings (SSSR count). The molecule has 1 atom stereocenters. The molecule has 1 aliphatic rings. The third-order valence-electron chi connectivity index (χ3n) is 2.57. The number of halogens is 1. The second-order valence-corrected chi connectivity index (χ2v) is 4.14. The SMILES string of the molecule is COC(=O)C1=NN(c2ccc(Cl)cc2)C(C#N)C1. The number of nitriles is 1. The molecule has 0 spiro atoms. The highest BCUT2D eigenvalue weighted by atomic mass is 35.5. The van der Waals surface area contributed by atoms with Crippen molar-refractivity contribution < 1.29 is 9.53 Å². The summed E-state index contributed by atoms with van der Waals surface area (Å²) < 4.78 is 4.60. The minimum absolute atomic E-state index is 0.249. The highest BCUT2D eigenvalue weighted by molar-refractivity contribution is 6.37. The van der Waals surface area contributed by atoms with E-state index in [0.717, 1.165) is 0 Å². The van der Waals surface area contributed by atoms with Gasteiger partial charge in [0.1, 0.15) is 11.8 Å². The van der Waals surface area contributed by atoms with Gasteiger partial charge in [-0.25, -0.2) is 9.80 Å². The maximum absolute atomic E-state index is 11.4. The van der Waals surface area contributed by atoms with Crippen LogP contribution >= 0.6 is 11.6 Å². The van der Waals surface area contributed by atoms with Crippen LogP contribution in [0.1, 0.15) is 6.42 Å². The number of hydrogen-bond donors (Lipinski definition) is 0. The molecule has 1 heterocycles. The standard InChI is InChI=1S/C12H10ClN3O2/c1-18-12(17)11-6-10(7-14)16(15-11)9-4-2-8(13)3-5-9/h2-5,10H,6H2,1H3. The largest absolute Gasteiger partial charge is 0.464 e. The van der Waals surface area contributed by atoms with Gasteiger partial charge in [-0.05, 0) is 24.3 Å². The molecular weight excluding hydrogens is 254 g/mol. The van der Waals surface area contributed by atoms with E-state index in [-0.39, 0.29) is 12.1 Å². The number of methoxy groups -OCH3 is 1. The number of rotatable bonds is 2. The Bertz CT molecular complexity index is 533. The van der Waals surface area contributed by atoms with Gasteiger partial charge in [-0.2, -0.15) is 10.4 Å². The fraction of sp³-hybridized carbons (Fsp3) is 0.250. The Hall–Kier alpha value is -2.06. The number of nitrogens with zero attached hydrogens (tertiary/aromatic N) is 3. The Labute approximate surface area is 109 Å². The Kier molecular flexibility index (Phi) is 3.49. The molecule has 0 bridgehead atoms. The monoisotopic (exact) mass is 263 g/mol. The summed E-state index contributed by atoms with van der Waals surface area (Å²) in [6, 6.07) is 8.51. The maximum Gasteiger partial charge on any atom is 0.354 e. The van der Waals surface area contributed by atoms with Crippen LogP contribution in [0.4, 0.5) is 5.69 Å². The number of carbonyl (C=O) groups excluding carboxylic acids is 1. The van der Waals surface area contributed by atoms with Gasteiger partial charge >= 0.3 is 5.97 Å².